The van der Waals surface area contributed by atoms with E-state index in [1.807, 2.05) is 31.2 Å². The molecule has 1 heterocycles. The fraction of sp³-hybridized carbons (Fsp3) is 0.267. The summed E-state index contributed by atoms with van der Waals surface area (Å²) in [4.78, 5) is 17.7. The molecule has 0 unspecified atom stereocenters. The summed E-state index contributed by atoms with van der Waals surface area (Å²) >= 11 is 0. The quantitative estimate of drug-likeness (QED) is 0.749. The van der Waals surface area contributed by atoms with Gasteiger partial charge in [0, 0.05) is 12.6 Å². The normalized spacial score (nSPS) is 11.2. The number of carboxylic acid groups (broad SMARTS) is 1. The van der Waals surface area contributed by atoms with Gasteiger partial charge >= 0.3 is 12.1 Å². The predicted molar refractivity (Wildman–Crippen MR) is 81.7 cm³/mol. The molecule has 0 fully saturated rings. The largest absolute Gasteiger partial charge is 0.480 e. The lowest BCUT2D eigenvalue weighted by atomic mass is 10.1. The molecule has 1 aromatic heterocycles. The number of halogens is 3. The Morgan fingerprint density at radius 1 is 1.17 bits per heavy atom. The number of benzene rings is 1. The minimum atomic E-state index is -4.66. The lowest BCUT2D eigenvalue weighted by molar-refractivity contribution is -0.141. The number of aromatic nitrogens is 2. The van der Waals surface area contributed by atoms with Gasteiger partial charge in [0.05, 0.1) is 0 Å². The molecule has 0 aliphatic carbocycles. The fourth-order valence-electron chi connectivity index (χ4n) is 1.82. The van der Waals surface area contributed by atoms with E-state index in [1.54, 1.807) is 0 Å². The third kappa shape index (κ3) is 5.11. The number of alkyl halides is 3. The first-order valence-electron chi connectivity index (χ1n) is 6.95. The lowest BCUT2D eigenvalue weighted by Crippen LogP contribution is -2.18. The second-order valence-corrected chi connectivity index (χ2v) is 5.05. The average molecular weight is 340 g/mol. The topological polar surface area (TPSA) is 87.1 Å². The van der Waals surface area contributed by atoms with E-state index in [9.17, 15) is 18.0 Å². The zero-order chi connectivity index (χ0) is 17.7. The zero-order valence-corrected chi connectivity index (χ0v) is 12.7. The summed E-state index contributed by atoms with van der Waals surface area (Å²) in [7, 11) is 0. The average Bonchev–Trinajstić information content (AvgIpc) is 2.51. The number of nitrogens with one attached hydrogen (secondary N) is 2. The smallest absolute Gasteiger partial charge is 0.433 e. The molecular formula is C15H15F3N4O2. The van der Waals surface area contributed by atoms with Crippen LogP contribution in [0, 0.1) is 6.92 Å². The summed E-state index contributed by atoms with van der Waals surface area (Å²) in [5, 5.41) is 13.6. The van der Waals surface area contributed by atoms with Gasteiger partial charge in [0.15, 0.2) is 5.69 Å². The Morgan fingerprint density at radius 2 is 1.83 bits per heavy atom. The van der Waals surface area contributed by atoms with E-state index in [0.717, 1.165) is 17.2 Å². The number of rotatable bonds is 6. The Kier molecular flexibility index (Phi) is 5.22. The zero-order valence-electron chi connectivity index (χ0n) is 12.7. The van der Waals surface area contributed by atoms with Crippen molar-refractivity contribution in [3.63, 3.8) is 0 Å². The summed E-state index contributed by atoms with van der Waals surface area (Å²) < 4.78 is 38.7. The van der Waals surface area contributed by atoms with Crippen molar-refractivity contribution in [1.29, 1.82) is 0 Å². The third-order valence-electron chi connectivity index (χ3n) is 3.01. The van der Waals surface area contributed by atoms with Crippen LogP contribution in [0.4, 0.5) is 24.9 Å². The van der Waals surface area contributed by atoms with Gasteiger partial charge in [-0.15, -0.1) is 0 Å². The molecule has 24 heavy (non-hydrogen) atoms. The van der Waals surface area contributed by atoms with Crippen LogP contribution in [-0.2, 0) is 17.5 Å². The molecule has 2 aromatic rings. The molecule has 0 aliphatic rings. The summed E-state index contributed by atoms with van der Waals surface area (Å²) in [6, 6.07) is 8.24. The van der Waals surface area contributed by atoms with E-state index >= 15 is 0 Å². The number of aryl methyl sites for hydroxylation is 1. The van der Waals surface area contributed by atoms with Gasteiger partial charge in [-0.25, -0.2) is 4.98 Å². The molecule has 0 atom stereocenters. The van der Waals surface area contributed by atoms with Gasteiger partial charge < -0.3 is 15.7 Å². The van der Waals surface area contributed by atoms with Gasteiger partial charge in [-0.1, -0.05) is 29.8 Å². The first kappa shape index (κ1) is 17.5. The van der Waals surface area contributed by atoms with Gasteiger partial charge in [-0.2, -0.15) is 18.2 Å². The van der Waals surface area contributed by atoms with Crippen LogP contribution in [-0.4, -0.2) is 27.6 Å². The highest BCUT2D eigenvalue weighted by atomic mass is 19.4. The van der Waals surface area contributed by atoms with Crippen molar-refractivity contribution in [2.45, 2.75) is 19.6 Å². The maximum atomic E-state index is 12.9. The summed E-state index contributed by atoms with van der Waals surface area (Å²) in [5.74, 6) is -1.69. The van der Waals surface area contributed by atoms with E-state index in [-0.39, 0.29) is 12.4 Å². The van der Waals surface area contributed by atoms with Crippen LogP contribution >= 0.6 is 0 Å². The Morgan fingerprint density at radius 3 is 2.42 bits per heavy atom. The number of carbonyl (C=O) groups is 1. The van der Waals surface area contributed by atoms with Crippen LogP contribution in [0.15, 0.2) is 30.3 Å². The third-order valence-corrected chi connectivity index (χ3v) is 3.01. The van der Waals surface area contributed by atoms with E-state index in [2.05, 4.69) is 20.6 Å². The van der Waals surface area contributed by atoms with Gasteiger partial charge in [0.2, 0.25) is 5.95 Å². The van der Waals surface area contributed by atoms with Gasteiger partial charge in [-0.3, -0.25) is 4.79 Å². The van der Waals surface area contributed by atoms with Crippen molar-refractivity contribution in [3.05, 3.63) is 47.2 Å². The number of carboxylic acids is 1. The van der Waals surface area contributed by atoms with E-state index in [0.29, 0.717) is 0 Å². The molecule has 0 saturated carbocycles. The van der Waals surface area contributed by atoms with Crippen molar-refractivity contribution >= 4 is 17.7 Å². The number of hydrogen-bond donors (Lipinski definition) is 3. The molecule has 0 bridgehead atoms. The highest BCUT2D eigenvalue weighted by Crippen LogP contribution is 2.29. The van der Waals surface area contributed by atoms with Crippen LogP contribution in [0.5, 0.6) is 0 Å². The molecule has 9 heteroatoms. The second kappa shape index (κ2) is 7.16. The molecule has 0 radical (unpaired) electrons. The molecule has 3 N–H and O–H groups in total. The van der Waals surface area contributed by atoms with E-state index in [1.165, 1.54) is 0 Å². The molecule has 2 rings (SSSR count). The number of nitrogens with zero attached hydrogens (tertiary/aromatic N) is 2. The molecule has 0 aliphatic heterocycles. The second-order valence-electron chi connectivity index (χ2n) is 5.05. The summed E-state index contributed by atoms with van der Waals surface area (Å²) in [6.07, 6.45) is -4.66. The molecule has 0 spiro atoms. The monoisotopic (exact) mass is 340 g/mol. The molecule has 1 aromatic carbocycles. The number of hydrogen-bond acceptors (Lipinski definition) is 5. The predicted octanol–water partition coefficient (Wildman–Crippen LogP) is 2.91. The minimum Gasteiger partial charge on any atom is -0.480 e. The van der Waals surface area contributed by atoms with Gasteiger partial charge in [0.1, 0.15) is 12.4 Å². The SMILES string of the molecule is Cc1ccc(CNc2cc(C(F)(F)F)nc(NCC(=O)O)n2)cc1. The minimum absolute atomic E-state index is 0.0502. The maximum Gasteiger partial charge on any atom is 0.433 e. The maximum absolute atomic E-state index is 12.9. The fourth-order valence-corrected chi connectivity index (χ4v) is 1.82. The first-order valence-corrected chi connectivity index (χ1v) is 6.95. The summed E-state index contributed by atoms with van der Waals surface area (Å²) in [5.41, 5.74) is 0.782. The first-order chi connectivity index (χ1) is 11.2. The van der Waals surface area contributed by atoms with E-state index < -0.39 is 30.3 Å². The Balaban J connectivity index is 2.18. The van der Waals surface area contributed by atoms with Crippen molar-refractivity contribution < 1.29 is 23.1 Å². The molecule has 0 saturated heterocycles. The van der Waals surface area contributed by atoms with Crippen molar-refractivity contribution in [1.82, 2.24) is 9.97 Å². The highest BCUT2D eigenvalue weighted by Gasteiger charge is 2.33. The standard InChI is InChI=1S/C15H15F3N4O2/c1-9-2-4-10(5-3-9)7-19-12-6-11(15(16,17)18)21-14(22-12)20-8-13(23)24/h2-6H,7-8H2,1H3,(H,23,24)(H2,19,20,21,22). The lowest BCUT2D eigenvalue weighted by Gasteiger charge is -2.12. The van der Waals surface area contributed by atoms with Crippen LogP contribution < -0.4 is 10.6 Å². The van der Waals surface area contributed by atoms with Crippen LogP contribution in [0.3, 0.4) is 0 Å². The van der Waals surface area contributed by atoms with E-state index in [4.69, 9.17) is 5.11 Å². The molecule has 0 amide bonds. The Labute approximate surface area is 135 Å². The highest BCUT2D eigenvalue weighted by molar-refractivity contribution is 5.71. The van der Waals surface area contributed by atoms with Gasteiger partial charge in [-0.05, 0) is 12.5 Å². The van der Waals surface area contributed by atoms with Gasteiger partial charge in [0.25, 0.3) is 0 Å². The van der Waals surface area contributed by atoms with Crippen LogP contribution in [0.2, 0.25) is 0 Å². The number of anilines is 2. The Hall–Kier alpha value is -2.84. The van der Waals surface area contributed by atoms with Crippen LogP contribution in [0.25, 0.3) is 0 Å². The molecule has 6 nitrogen and oxygen atoms in total. The molecular weight excluding hydrogens is 325 g/mol. The number of aliphatic carboxylic acids is 1. The Bertz CT molecular complexity index is 718. The molecule has 128 valence electrons. The summed E-state index contributed by atoms with van der Waals surface area (Å²) in [6.45, 7) is 1.61. The van der Waals surface area contributed by atoms with Crippen molar-refractivity contribution in [3.8, 4) is 0 Å². The van der Waals surface area contributed by atoms with Crippen molar-refractivity contribution in [2.24, 2.45) is 0 Å². The van der Waals surface area contributed by atoms with Crippen molar-refractivity contribution in [2.75, 3.05) is 17.2 Å². The van der Waals surface area contributed by atoms with Crippen LogP contribution in [0.1, 0.15) is 16.8 Å².